The Labute approximate surface area is 96.3 Å². The van der Waals surface area contributed by atoms with E-state index in [0.29, 0.717) is 5.65 Å². The second-order valence-electron chi connectivity index (χ2n) is 3.94. The second kappa shape index (κ2) is 3.01. The molecule has 1 N–H and O–H groups in total. The van der Waals surface area contributed by atoms with E-state index >= 15 is 0 Å². The summed E-state index contributed by atoms with van der Waals surface area (Å²) in [7, 11) is 0. The van der Waals surface area contributed by atoms with Crippen LogP contribution in [0.1, 0.15) is 0 Å². The van der Waals surface area contributed by atoms with Crippen molar-refractivity contribution in [3.63, 3.8) is 0 Å². The summed E-state index contributed by atoms with van der Waals surface area (Å²) in [5.74, 6) is 0. The molecule has 17 heavy (non-hydrogen) atoms. The number of pyridine rings is 1. The maximum atomic E-state index is 4.56. The van der Waals surface area contributed by atoms with Gasteiger partial charge in [0.1, 0.15) is 11.0 Å². The molecule has 0 radical (unpaired) electrons. The smallest absolute Gasteiger partial charge is 0.178 e. The molecule has 4 aromatic rings. The van der Waals surface area contributed by atoms with E-state index < -0.39 is 0 Å². The molecule has 0 saturated heterocycles. The fourth-order valence-corrected chi connectivity index (χ4v) is 2.10. The van der Waals surface area contributed by atoms with Crippen molar-refractivity contribution in [3.05, 3.63) is 42.6 Å². The van der Waals surface area contributed by atoms with Gasteiger partial charge < -0.3 is 4.98 Å². The van der Waals surface area contributed by atoms with Crippen LogP contribution in [0.4, 0.5) is 0 Å². The van der Waals surface area contributed by atoms with Crippen LogP contribution in [0, 0.1) is 0 Å². The number of hydrogen-bond acceptors (Lipinski definition) is 3. The number of aromatic amines is 1. The topological polar surface area (TPSA) is 54.5 Å². The normalized spacial score (nSPS) is 11.5. The molecule has 0 bridgehead atoms. The lowest BCUT2D eigenvalue weighted by atomic mass is 10.2. The molecular formula is C13H8N4. The first-order valence-electron chi connectivity index (χ1n) is 5.41. The third-order valence-electron chi connectivity index (χ3n) is 2.88. The fourth-order valence-electron chi connectivity index (χ4n) is 2.10. The van der Waals surface area contributed by atoms with Gasteiger partial charge in [0, 0.05) is 17.1 Å². The highest BCUT2D eigenvalue weighted by Crippen LogP contribution is 2.23. The highest BCUT2D eigenvalue weighted by atomic mass is 15.0. The van der Waals surface area contributed by atoms with Crippen molar-refractivity contribution in [2.45, 2.75) is 0 Å². The molecule has 4 rings (SSSR count). The van der Waals surface area contributed by atoms with E-state index in [0.717, 1.165) is 27.6 Å². The molecule has 0 spiro atoms. The van der Waals surface area contributed by atoms with Crippen LogP contribution in [0.5, 0.6) is 0 Å². The van der Waals surface area contributed by atoms with Gasteiger partial charge in [0.15, 0.2) is 11.3 Å². The number of nitrogens with one attached hydrogen (secondary N) is 1. The lowest BCUT2D eigenvalue weighted by Gasteiger charge is -1.94. The molecule has 0 saturated carbocycles. The summed E-state index contributed by atoms with van der Waals surface area (Å²) < 4.78 is 0. The maximum absolute atomic E-state index is 4.56. The Kier molecular flexibility index (Phi) is 1.53. The van der Waals surface area contributed by atoms with Gasteiger partial charge >= 0.3 is 0 Å². The maximum Gasteiger partial charge on any atom is 0.178 e. The summed E-state index contributed by atoms with van der Waals surface area (Å²) in [4.78, 5) is 16.6. The zero-order chi connectivity index (χ0) is 11.2. The van der Waals surface area contributed by atoms with E-state index in [4.69, 9.17) is 0 Å². The monoisotopic (exact) mass is 220 g/mol. The molecule has 1 aromatic carbocycles. The summed E-state index contributed by atoms with van der Waals surface area (Å²) in [5, 5.41) is 1.09. The largest absolute Gasteiger partial charge is 0.338 e. The van der Waals surface area contributed by atoms with Crippen LogP contribution in [-0.4, -0.2) is 19.9 Å². The standard InChI is InChI=1S/C13H8N4/c1-2-5-9-8(4-1)11-13(15-9)16-10-6-3-7-14-12(10)17-11/h1-7H,(H,15,16). The van der Waals surface area contributed by atoms with Crippen molar-refractivity contribution in [2.75, 3.05) is 0 Å². The quantitative estimate of drug-likeness (QED) is 0.495. The predicted octanol–water partition coefficient (Wildman–Crippen LogP) is 2.66. The Morgan fingerprint density at radius 3 is 2.88 bits per heavy atom. The zero-order valence-corrected chi connectivity index (χ0v) is 8.88. The first kappa shape index (κ1) is 8.64. The van der Waals surface area contributed by atoms with Gasteiger partial charge in [-0.3, -0.25) is 0 Å². The Morgan fingerprint density at radius 1 is 0.941 bits per heavy atom. The van der Waals surface area contributed by atoms with Crippen molar-refractivity contribution in [1.82, 2.24) is 19.9 Å². The zero-order valence-electron chi connectivity index (χ0n) is 8.88. The summed E-state index contributed by atoms with van der Waals surface area (Å²) in [6, 6.07) is 11.8. The highest BCUT2D eigenvalue weighted by Gasteiger charge is 2.07. The molecule has 0 aliphatic rings. The van der Waals surface area contributed by atoms with Crippen molar-refractivity contribution in [1.29, 1.82) is 0 Å². The Balaban J connectivity index is 2.28. The van der Waals surface area contributed by atoms with Crippen LogP contribution in [0.2, 0.25) is 0 Å². The molecule has 0 atom stereocenters. The van der Waals surface area contributed by atoms with Gasteiger partial charge in [-0.15, -0.1) is 0 Å². The second-order valence-corrected chi connectivity index (χ2v) is 3.94. The Bertz CT molecular complexity index is 842. The van der Waals surface area contributed by atoms with Gasteiger partial charge in [0.2, 0.25) is 0 Å². The van der Waals surface area contributed by atoms with Gasteiger partial charge in [-0.05, 0) is 18.2 Å². The van der Waals surface area contributed by atoms with Crippen molar-refractivity contribution >= 4 is 33.2 Å². The van der Waals surface area contributed by atoms with Gasteiger partial charge in [0.05, 0.1) is 0 Å². The number of fused-ring (bicyclic) bond motifs is 4. The number of aromatic nitrogens is 4. The molecule has 0 unspecified atom stereocenters. The molecule has 4 heteroatoms. The van der Waals surface area contributed by atoms with Crippen LogP contribution < -0.4 is 0 Å². The number of para-hydroxylation sites is 1. The minimum atomic E-state index is 0.685. The van der Waals surface area contributed by atoms with E-state index in [-0.39, 0.29) is 0 Å². The molecular weight excluding hydrogens is 212 g/mol. The predicted molar refractivity (Wildman–Crippen MR) is 66.7 cm³/mol. The van der Waals surface area contributed by atoms with E-state index in [1.165, 1.54) is 0 Å². The summed E-state index contributed by atoms with van der Waals surface area (Å²) >= 11 is 0. The molecule has 0 aliphatic heterocycles. The lowest BCUT2D eigenvalue weighted by Crippen LogP contribution is -1.87. The molecule has 3 heterocycles. The summed E-state index contributed by atoms with van der Waals surface area (Å²) in [6.45, 7) is 0. The molecule has 4 nitrogen and oxygen atoms in total. The van der Waals surface area contributed by atoms with Gasteiger partial charge in [0.25, 0.3) is 0 Å². The van der Waals surface area contributed by atoms with Crippen molar-refractivity contribution in [2.24, 2.45) is 0 Å². The number of nitrogens with zero attached hydrogens (tertiary/aromatic N) is 3. The van der Waals surface area contributed by atoms with E-state index in [1.54, 1.807) is 6.20 Å². The van der Waals surface area contributed by atoms with E-state index in [2.05, 4.69) is 19.9 Å². The third-order valence-corrected chi connectivity index (χ3v) is 2.88. The SMILES string of the molecule is c1cnc2nc3c(nc2c1)[nH]c1ccccc13. The summed E-state index contributed by atoms with van der Waals surface area (Å²) in [5.41, 5.74) is 4.24. The lowest BCUT2D eigenvalue weighted by molar-refractivity contribution is 1.27. The van der Waals surface area contributed by atoms with Gasteiger partial charge in [-0.1, -0.05) is 18.2 Å². The van der Waals surface area contributed by atoms with Crippen LogP contribution in [0.3, 0.4) is 0 Å². The number of hydrogen-bond donors (Lipinski definition) is 1. The molecule has 80 valence electrons. The molecule has 0 amide bonds. The average molecular weight is 220 g/mol. The number of H-pyrrole nitrogens is 1. The minimum absolute atomic E-state index is 0.685. The highest BCUT2D eigenvalue weighted by molar-refractivity contribution is 6.05. The van der Waals surface area contributed by atoms with Gasteiger partial charge in [-0.2, -0.15) is 0 Å². The number of benzene rings is 1. The van der Waals surface area contributed by atoms with Crippen LogP contribution >= 0.6 is 0 Å². The summed E-state index contributed by atoms with van der Waals surface area (Å²) in [6.07, 6.45) is 1.73. The Morgan fingerprint density at radius 2 is 1.88 bits per heavy atom. The minimum Gasteiger partial charge on any atom is -0.338 e. The molecule has 3 aromatic heterocycles. The third kappa shape index (κ3) is 1.15. The van der Waals surface area contributed by atoms with Gasteiger partial charge in [-0.25, -0.2) is 15.0 Å². The first-order chi connectivity index (χ1) is 8.42. The number of rotatable bonds is 0. The van der Waals surface area contributed by atoms with Crippen LogP contribution in [-0.2, 0) is 0 Å². The van der Waals surface area contributed by atoms with Crippen molar-refractivity contribution in [3.8, 4) is 0 Å². The van der Waals surface area contributed by atoms with E-state index in [1.807, 2.05) is 36.4 Å². The molecule has 0 aliphatic carbocycles. The first-order valence-corrected chi connectivity index (χ1v) is 5.41. The average Bonchev–Trinajstić information content (AvgIpc) is 2.73. The van der Waals surface area contributed by atoms with Crippen LogP contribution in [0.15, 0.2) is 42.6 Å². The Hall–Kier alpha value is -2.49. The van der Waals surface area contributed by atoms with E-state index in [9.17, 15) is 0 Å². The fraction of sp³-hybridized carbons (Fsp3) is 0. The molecule has 0 fully saturated rings. The van der Waals surface area contributed by atoms with Crippen molar-refractivity contribution < 1.29 is 0 Å². The van der Waals surface area contributed by atoms with Crippen LogP contribution in [0.25, 0.3) is 33.2 Å².